The van der Waals surface area contributed by atoms with E-state index in [4.69, 9.17) is 4.42 Å². The number of nitrogens with one attached hydrogen (secondary N) is 1. The maximum Gasteiger partial charge on any atom is 0.216 e. The Morgan fingerprint density at radius 2 is 1.70 bits per heavy atom. The van der Waals surface area contributed by atoms with E-state index in [0.29, 0.717) is 0 Å². The summed E-state index contributed by atoms with van der Waals surface area (Å²) in [4.78, 5) is 0. The molecule has 0 atom stereocenters. The fraction of sp³-hybridized carbons (Fsp3) is 0.875. The van der Waals surface area contributed by atoms with Gasteiger partial charge in [0, 0.05) is 18.9 Å². The van der Waals surface area contributed by atoms with Gasteiger partial charge >= 0.3 is 0 Å². The van der Waals surface area contributed by atoms with Gasteiger partial charge < -0.3 is 9.73 Å². The molecule has 0 aromatic carbocycles. The summed E-state index contributed by atoms with van der Waals surface area (Å²) in [5.74, 6) is 2.56. The van der Waals surface area contributed by atoms with Crippen molar-refractivity contribution < 1.29 is 4.42 Å². The van der Waals surface area contributed by atoms with E-state index in [0.717, 1.165) is 49.5 Å². The maximum absolute atomic E-state index is 5.75. The quantitative estimate of drug-likeness (QED) is 0.741. The third-order valence-electron chi connectivity index (χ3n) is 4.58. The molecule has 2 aliphatic carbocycles. The van der Waals surface area contributed by atoms with Gasteiger partial charge in [0.2, 0.25) is 11.8 Å². The lowest BCUT2D eigenvalue weighted by atomic mass is 9.86. The summed E-state index contributed by atoms with van der Waals surface area (Å²) in [6.07, 6.45) is 14.0. The highest BCUT2D eigenvalue weighted by Gasteiger charge is 2.19. The number of aryl methyl sites for hydroxylation is 2. The van der Waals surface area contributed by atoms with Gasteiger partial charge in [0.05, 0.1) is 0 Å². The van der Waals surface area contributed by atoms with Crippen molar-refractivity contribution in [2.45, 2.75) is 76.7 Å². The lowest BCUT2D eigenvalue weighted by molar-refractivity contribution is 0.326. The number of nitrogens with zero attached hydrogens (tertiary/aromatic N) is 2. The molecule has 0 spiro atoms. The zero-order valence-corrected chi connectivity index (χ0v) is 12.4. The van der Waals surface area contributed by atoms with Gasteiger partial charge in [-0.2, -0.15) is 0 Å². The van der Waals surface area contributed by atoms with Gasteiger partial charge in [0.1, 0.15) is 0 Å². The summed E-state index contributed by atoms with van der Waals surface area (Å²) in [5.41, 5.74) is 0. The second-order valence-electron chi connectivity index (χ2n) is 6.46. The number of hydrogen-bond acceptors (Lipinski definition) is 4. The van der Waals surface area contributed by atoms with Crippen LogP contribution in [0.1, 0.15) is 69.6 Å². The monoisotopic (exact) mass is 277 g/mol. The summed E-state index contributed by atoms with van der Waals surface area (Å²) in [6, 6.07) is 0.795. The van der Waals surface area contributed by atoms with Crippen LogP contribution in [-0.4, -0.2) is 22.8 Å². The lowest BCUT2D eigenvalue weighted by Gasteiger charge is -2.20. The molecule has 2 saturated carbocycles. The van der Waals surface area contributed by atoms with Crippen LogP contribution in [0, 0.1) is 5.92 Å². The van der Waals surface area contributed by atoms with E-state index in [2.05, 4.69) is 15.5 Å². The Bertz CT molecular complexity index is 394. The van der Waals surface area contributed by atoms with Crippen LogP contribution in [0.25, 0.3) is 0 Å². The number of hydrogen-bond donors (Lipinski definition) is 1. The molecule has 4 nitrogen and oxygen atoms in total. The van der Waals surface area contributed by atoms with Crippen LogP contribution in [0.3, 0.4) is 0 Å². The van der Waals surface area contributed by atoms with Crippen molar-refractivity contribution in [1.82, 2.24) is 15.5 Å². The van der Waals surface area contributed by atoms with E-state index in [-0.39, 0.29) is 0 Å². The van der Waals surface area contributed by atoms with Gasteiger partial charge in [-0.25, -0.2) is 0 Å². The zero-order chi connectivity index (χ0) is 13.6. The van der Waals surface area contributed by atoms with E-state index < -0.39 is 0 Å². The topological polar surface area (TPSA) is 51.0 Å². The van der Waals surface area contributed by atoms with Gasteiger partial charge in [-0.1, -0.05) is 32.1 Å². The van der Waals surface area contributed by atoms with Crippen LogP contribution in [0.5, 0.6) is 0 Å². The standard InChI is InChI=1S/C16H27N3O/c1-2-5-13(6-3-1)8-11-16-19-18-15(20-16)7-4-12-17-14-9-10-14/h13-14,17H,1-12H2. The Morgan fingerprint density at radius 1 is 0.950 bits per heavy atom. The first-order chi connectivity index (χ1) is 9.90. The van der Waals surface area contributed by atoms with Crippen LogP contribution < -0.4 is 5.32 Å². The summed E-state index contributed by atoms with van der Waals surface area (Å²) >= 11 is 0. The zero-order valence-electron chi connectivity index (χ0n) is 12.4. The molecule has 1 N–H and O–H groups in total. The minimum Gasteiger partial charge on any atom is -0.425 e. The maximum atomic E-state index is 5.75. The van der Waals surface area contributed by atoms with Gasteiger partial charge in [-0.3, -0.25) is 0 Å². The Kier molecular flexibility index (Phi) is 5.06. The first-order valence-corrected chi connectivity index (χ1v) is 8.45. The normalized spacial score (nSPS) is 20.4. The Hall–Kier alpha value is -0.900. The van der Waals surface area contributed by atoms with Crippen molar-refractivity contribution in [2.75, 3.05) is 6.54 Å². The molecule has 2 fully saturated rings. The van der Waals surface area contributed by atoms with Crippen LogP contribution in [0.15, 0.2) is 4.42 Å². The highest BCUT2D eigenvalue weighted by Crippen LogP contribution is 2.27. The molecule has 112 valence electrons. The van der Waals surface area contributed by atoms with E-state index in [9.17, 15) is 0 Å². The third kappa shape index (κ3) is 4.58. The smallest absolute Gasteiger partial charge is 0.216 e. The van der Waals surface area contributed by atoms with Crippen molar-refractivity contribution >= 4 is 0 Å². The largest absolute Gasteiger partial charge is 0.425 e. The molecule has 0 radical (unpaired) electrons. The van der Waals surface area contributed by atoms with Crippen LogP contribution >= 0.6 is 0 Å². The minimum absolute atomic E-state index is 0.795. The van der Waals surface area contributed by atoms with E-state index >= 15 is 0 Å². The molecular formula is C16H27N3O. The average Bonchev–Trinajstić information content (AvgIpc) is 3.21. The summed E-state index contributed by atoms with van der Waals surface area (Å²) in [5, 5.41) is 11.9. The van der Waals surface area contributed by atoms with Crippen molar-refractivity contribution in [2.24, 2.45) is 5.92 Å². The van der Waals surface area contributed by atoms with Gasteiger partial charge in [-0.15, -0.1) is 10.2 Å². The highest BCUT2D eigenvalue weighted by molar-refractivity contribution is 4.85. The first kappa shape index (κ1) is 14.1. The minimum atomic E-state index is 0.795. The average molecular weight is 277 g/mol. The Labute approximate surface area is 121 Å². The predicted octanol–water partition coefficient (Wildman–Crippen LogP) is 3.27. The summed E-state index contributed by atoms with van der Waals surface area (Å²) in [7, 11) is 0. The molecule has 0 bridgehead atoms. The SMILES string of the molecule is C1CCC(CCc2nnc(CCCNC3CC3)o2)CC1. The number of aromatic nitrogens is 2. The highest BCUT2D eigenvalue weighted by atomic mass is 16.4. The third-order valence-corrected chi connectivity index (χ3v) is 4.58. The fourth-order valence-electron chi connectivity index (χ4n) is 3.13. The molecule has 1 aromatic rings. The van der Waals surface area contributed by atoms with Crippen molar-refractivity contribution in [3.05, 3.63) is 11.8 Å². The molecular weight excluding hydrogens is 250 g/mol. The van der Waals surface area contributed by atoms with E-state index in [1.165, 1.54) is 51.4 Å². The second kappa shape index (κ2) is 7.21. The molecule has 0 saturated heterocycles. The molecule has 1 heterocycles. The van der Waals surface area contributed by atoms with Crippen LogP contribution in [-0.2, 0) is 12.8 Å². The van der Waals surface area contributed by atoms with Crippen LogP contribution in [0.4, 0.5) is 0 Å². The van der Waals surface area contributed by atoms with E-state index in [1.807, 2.05) is 0 Å². The van der Waals surface area contributed by atoms with Crippen molar-refractivity contribution in [3.8, 4) is 0 Å². The summed E-state index contributed by atoms with van der Waals surface area (Å²) < 4.78 is 5.75. The fourth-order valence-corrected chi connectivity index (χ4v) is 3.13. The molecule has 3 rings (SSSR count). The molecule has 0 amide bonds. The molecule has 0 aliphatic heterocycles. The van der Waals surface area contributed by atoms with Gasteiger partial charge in [0.25, 0.3) is 0 Å². The molecule has 4 heteroatoms. The van der Waals surface area contributed by atoms with Crippen molar-refractivity contribution in [3.63, 3.8) is 0 Å². The van der Waals surface area contributed by atoms with E-state index in [1.54, 1.807) is 0 Å². The first-order valence-electron chi connectivity index (χ1n) is 8.45. The van der Waals surface area contributed by atoms with Gasteiger partial charge in [0.15, 0.2) is 0 Å². The molecule has 0 unspecified atom stereocenters. The van der Waals surface area contributed by atoms with Gasteiger partial charge in [-0.05, 0) is 38.1 Å². The lowest BCUT2D eigenvalue weighted by Crippen LogP contribution is -2.17. The predicted molar refractivity (Wildman–Crippen MR) is 78.5 cm³/mol. The summed E-state index contributed by atoms with van der Waals surface area (Å²) in [6.45, 7) is 1.07. The van der Waals surface area contributed by atoms with Crippen LogP contribution in [0.2, 0.25) is 0 Å². The Balaban J connectivity index is 1.32. The molecule has 2 aliphatic rings. The Morgan fingerprint density at radius 3 is 2.45 bits per heavy atom. The molecule has 1 aromatic heterocycles. The molecule has 20 heavy (non-hydrogen) atoms. The second-order valence-corrected chi connectivity index (χ2v) is 6.46. The van der Waals surface area contributed by atoms with Crippen molar-refractivity contribution in [1.29, 1.82) is 0 Å². The number of rotatable bonds is 8.